The first-order chi connectivity index (χ1) is 11.8. The van der Waals surface area contributed by atoms with Crippen LogP contribution >= 0.6 is 0 Å². The smallest absolute Gasteiger partial charge is 0.241 e. The molecule has 1 atom stereocenters. The molecular weight excluding hydrogens is 338 g/mol. The van der Waals surface area contributed by atoms with Crippen molar-refractivity contribution in [3.63, 3.8) is 0 Å². The summed E-state index contributed by atoms with van der Waals surface area (Å²) < 4.78 is 27.6. The molecule has 2 N–H and O–H groups in total. The zero-order valence-corrected chi connectivity index (χ0v) is 15.4. The van der Waals surface area contributed by atoms with Gasteiger partial charge in [-0.15, -0.1) is 0 Å². The van der Waals surface area contributed by atoms with Crippen molar-refractivity contribution in [2.45, 2.75) is 38.3 Å². The number of aromatic nitrogens is 1. The topological polar surface area (TPSA) is 88.2 Å². The van der Waals surface area contributed by atoms with Gasteiger partial charge in [-0.3, -0.25) is 9.78 Å². The van der Waals surface area contributed by atoms with Crippen LogP contribution in [0, 0.1) is 12.8 Å². The Morgan fingerprint density at radius 3 is 2.24 bits per heavy atom. The summed E-state index contributed by atoms with van der Waals surface area (Å²) in [6.07, 6.45) is 3.28. The molecule has 0 aliphatic rings. The fourth-order valence-corrected chi connectivity index (χ4v) is 3.59. The molecule has 0 saturated carbocycles. The van der Waals surface area contributed by atoms with Crippen LogP contribution in [-0.2, 0) is 21.4 Å². The fourth-order valence-electron chi connectivity index (χ4n) is 2.24. The van der Waals surface area contributed by atoms with E-state index < -0.39 is 16.1 Å². The maximum absolute atomic E-state index is 12.5. The number of aryl methyl sites for hydroxylation is 1. The van der Waals surface area contributed by atoms with E-state index in [2.05, 4.69) is 15.0 Å². The van der Waals surface area contributed by atoms with E-state index >= 15 is 0 Å². The third-order valence-electron chi connectivity index (χ3n) is 3.78. The zero-order chi connectivity index (χ0) is 18.4. The number of benzene rings is 1. The van der Waals surface area contributed by atoms with E-state index in [-0.39, 0.29) is 16.7 Å². The summed E-state index contributed by atoms with van der Waals surface area (Å²) in [5.41, 5.74) is 1.86. The first-order valence-electron chi connectivity index (χ1n) is 8.05. The molecule has 134 valence electrons. The number of rotatable bonds is 7. The molecule has 6 nitrogen and oxygen atoms in total. The molecule has 0 spiro atoms. The third-order valence-corrected chi connectivity index (χ3v) is 5.24. The largest absolute Gasteiger partial charge is 0.351 e. The lowest BCUT2D eigenvalue weighted by molar-refractivity contribution is -0.123. The standard InChI is InChI=1S/C18H23N3O3S/c1-13(2)17(18(22)20-12-15-8-10-19-11-9-15)21-25(23,24)16-6-4-14(3)5-7-16/h4-11,13,17,21H,12H2,1-3H3,(H,20,22)/t17-/m0/s1. The molecule has 1 amide bonds. The lowest BCUT2D eigenvalue weighted by Gasteiger charge is -2.21. The Labute approximate surface area is 148 Å². The minimum atomic E-state index is -3.77. The Bertz CT molecular complexity index is 803. The van der Waals surface area contributed by atoms with Crippen LogP contribution in [0.5, 0.6) is 0 Å². The molecule has 2 aromatic rings. The van der Waals surface area contributed by atoms with Crippen molar-refractivity contribution in [2.24, 2.45) is 5.92 Å². The second-order valence-corrected chi connectivity index (χ2v) is 7.94. The van der Waals surface area contributed by atoms with E-state index in [1.165, 1.54) is 12.1 Å². The van der Waals surface area contributed by atoms with E-state index in [1.807, 2.05) is 6.92 Å². The van der Waals surface area contributed by atoms with Crippen LogP contribution in [0.1, 0.15) is 25.0 Å². The molecule has 0 radical (unpaired) electrons. The summed E-state index contributed by atoms with van der Waals surface area (Å²) in [5, 5.41) is 2.77. The van der Waals surface area contributed by atoms with Crippen molar-refractivity contribution in [1.82, 2.24) is 15.0 Å². The molecule has 0 fully saturated rings. The number of sulfonamides is 1. The molecule has 1 heterocycles. The monoisotopic (exact) mass is 361 g/mol. The summed E-state index contributed by atoms with van der Waals surface area (Å²) in [6.45, 7) is 5.80. The van der Waals surface area contributed by atoms with Crippen molar-refractivity contribution < 1.29 is 13.2 Å². The molecule has 2 rings (SSSR count). The van der Waals surface area contributed by atoms with E-state index in [0.717, 1.165) is 11.1 Å². The summed E-state index contributed by atoms with van der Waals surface area (Å²) in [6, 6.07) is 9.24. The van der Waals surface area contributed by atoms with Gasteiger partial charge in [-0.05, 0) is 42.7 Å². The fraction of sp³-hybridized carbons (Fsp3) is 0.333. The number of carbonyl (C=O) groups excluding carboxylic acids is 1. The molecule has 1 aromatic carbocycles. The van der Waals surface area contributed by atoms with E-state index in [0.29, 0.717) is 6.54 Å². The van der Waals surface area contributed by atoms with E-state index in [9.17, 15) is 13.2 Å². The van der Waals surface area contributed by atoms with Crippen LogP contribution in [0.2, 0.25) is 0 Å². The van der Waals surface area contributed by atoms with Gasteiger partial charge in [0.1, 0.15) is 6.04 Å². The molecule has 0 saturated heterocycles. The van der Waals surface area contributed by atoms with Gasteiger partial charge in [-0.25, -0.2) is 8.42 Å². The van der Waals surface area contributed by atoms with Gasteiger partial charge in [0.15, 0.2) is 0 Å². The van der Waals surface area contributed by atoms with Gasteiger partial charge < -0.3 is 5.32 Å². The number of carbonyl (C=O) groups is 1. The van der Waals surface area contributed by atoms with Gasteiger partial charge in [-0.2, -0.15) is 4.72 Å². The molecule has 25 heavy (non-hydrogen) atoms. The summed E-state index contributed by atoms with van der Waals surface area (Å²) in [4.78, 5) is 16.5. The van der Waals surface area contributed by atoms with E-state index in [4.69, 9.17) is 0 Å². The highest BCUT2D eigenvalue weighted by molar-refractivity contribution is 7.89. The highest BCUT2D eigenvalue weighted by atomic mass is 32.2. The molecule has 0 aliphatic carbocycles. The number of nitrogens with one attached hydrogen (secondary N) is 2. The highest BCUT2D eigenvalue weighted by Gasteiger charge is 2.28. The van der Waals surface area contributed by atoms with Crippen LogP contribution in [-0.4, -0.2) is 25.4 Å². The lowest BCUT2D eigenvalue weighted by atomic mass is 10.0. The van der Waals surface area contributed by atoms with Crippen molar-refractivity contribution in [1.29, 1.82) is 0 Å². The molecule has 0 unspecified atom stereocenters. The number of hydrogen-bond acceptors (Lipinski definition) is 4. The summed E-state index contributed by atoms with van der Waals surface area (Å²) >= 11 is 0. The second-order valence-electron chi connectivity index (χ2n) is 6.23. The minimum Gasteiger partial charge on any atom is -0.351 e. The SMILES string of the molecule is Cc1ccc(S(=O)(=O)N[C@H](C(=O)NCc2ccncc2)C(C)C)cc1. The molecular formula is C18H23N3O3S. The van der Waals surface area contributed by atoms with Gasteiger partial charge in [0, 0.05) is 18.9 Å². The van der Waals surface area contributed by atoms with E-state index in [1.54, 1.807) is 50.5 Å². The first kappa shape index (κ1) is 19.1. The quantitative estimate of drug-likeness (QED) is 0.790. The number of nitrogens with zero attached hydrogens (tertiary/aromatic N) is 1. The molecule has 0 bridgehead atoms. The predicted molar refractivity (Wildman–Crippen MR) is 96.2 cm³/mol. The highest BCUT2D eigenvalue weighted by Crippen LogP contribution is 2.13. The normalized spacial score (nSPS) is 12.8. The third kappa shape index (κ3) is 5.37. The van der Waals surface area contributed by atoms with Crippen LogP contribution in [0.3, 0.4) is 0 Å². The molecule has 0 aliphatic heterocycles. The number of amides is 1. The van der Waals surface area contributed by atoms with Crippen molar-refractivity contribution in [3.8, 4) is 0 Å². The summed E-state index contributed by atoms with van der Waals surface area (Å²) in [7, 11) is -3.77. The van der Waals surface area contributed by atoms with Crippen molar-refractivity contribution in [2.75, 3.05) is 0 Å². The van der Waals surface area contributed by atoms with Gasteiger partial charge in [0.25, 0.3) is 0 Å². The maximum Gasteiger partial charge on any atom is 0.241 e. The van der Waals surface area contributed by atoms with Crippen molar-refractivity contribution in [3.05, 3.63) is 59.9 Å². The first-order valence-corrected chi connectivity index (χ1v) is 9.53. The Balaban J connectivity index is 2.09. The van der Waals surface area contributed by atoms with Gasteiger partial charge in [0.05, 0.1) is 4.90 Å². The van der Waals surface area contributed by atoms with Crippen LogP contribution in [0.4, 0.5) is 0 Å². The van der Waals surface area contributed by atoms with Crippen LogP contribution in [0.15, 0.2) is 53.7 Å². The molecule has 1 aromatic heterocycles. The Morgan fingerprint density at radius 2 is 1.68 bits per heavy atom. The Kier molecular flexibility index (Phi) is 6.27. The average Bonchev–Trinajstić information content (AvgIpc) is 2.58. The Morgan fingerprint density at radius 1 is 1.08 bits per heavy atom. The van der Waals surface area contributed by atoms with Crippen molar-refractivity contribution >= 4 is 15.9 Å². The van der Waals surface area contributed by atoms with Crippen LogP contribution in [0.25, 0.3) is 0 Å². The van der Waals surface area contributed by atoms with Gasteiger partial charge in [0.2, 0.25) is 15.9 Å². The average molecular weight is 361 g/mol. The second kappa shape index (κ2) is 8.22. The predicted octanol–water partition coefficient (Wildman–Crippen LogP) is 2.01. The zero-order valence-electron chi connectivity index (χ0n) is 14.6. The van der Waals surface area contributed by atoms with Gasteiger partial charge in [-0.1, -0.05) is 31.5 Å². The minimum absolute atomic E-state index is 0.144. The van der Waals surface area contributed by atoms with Gasteiger partial charge >= 0.3 is 0 Å². The molecule has 7 heteroatoms. The van der Waals surface area contributed by atoms with Crippen LogP contribution < -0.4 is 10.0 Å². The number of hydrogen-bond donors (Lipinski definition) is 2. The summed E-state index contributed by atoms with van der Waals surface area (Å²) in [5.74, 6) is -0.555. The number of pyridine rings is 1. The maximum atomic E-state index is 12.5. The Hall–Kier alpha value is -2.25. The lowest BCUT2D eigenvalue weighted by Crippen LogP contribution is -2.49.